The van der Waals surface area contributed by atoms with Gasteiger partial charge in [0, 0.05) is 13.1 Å². The summed E-state index contributed by atoms with van der Waals surface area (Å²) in [5.74, 6) is 0. The first-order valence-corrected chi connectivity index (χ1v) is 12.4. The first-order valence-electron chi connectivity index (χ1n) is 12.4. The molecule has 0 aliphatic heterocycles. The number of fused-ring (bicyclic) bond motifs is 1. The molecule has 2 aromatic rings. The van der Waals surface area contributed by atoms with Crippen molar-refractivity contribution in [3.05, 3.63) is 30.1 Å². The summed E-state index contributed by atoms with van der Waals surface area (Å²) >= 11 is 0. The van der Waals surface area contributed by atoms with Gasteiger partial charge in [-0.05, 0) is 44.5 Å². The molecule has 0 amide bonds. The van der Waals surface area contributed by atoms with Gasteiger partial charge in [0.25, 0.3) is 0 Å². The molecule has 0 saturated carbocycles. The van der Waals surface area contributed by atoms with Gasteiger partial charge in [-0.1, -0.05) is 90.2 Å². The van der Waals surface area contributed by atoms with Crippen molar-refractivity contribution >= 4 is 11.0 Å². The summed E-state index contributed by atoms with van der Waals surface area (Å²) < 4.78 is 2.35. The van der Waals surface area contributed by atoms with E-state index in [1.165, 1.54) is 101 Å². The molecule has 3 nitrogen and oxygen atoms in total. The Balaban J connectivity index is 1.80. The van der Waals surface area contributed by atoms with Crippen molar-refractivity contribution < 1.29 is 0 Å². The fourth-order valence-corrected chi connectivity index (χ4v) is 4.23. The molecule has 3 heteroatoms. The number of benzene rings is 1. The first-order chi connectivity index (χ1) is 14.3. The first kappa shape index (κ1) is 23.9. The molecule has 1 aromatic carbocycles. The Morgan fingerprint density at radius 1 is 0.759 bits per heavy atom. The van der Waals surface area contributed by atoms with Gasteiger partial charge in [-0.2, -0.15) is 0 Å². The summed E-state index contributed by atoms with van der Waals surface area (Å²) in [5, 5.41) is 0. The Bertz CT molecular complexity index is 645. The average Bonchev–Trinajstić information content (AvgIpc) is 3.15. The Morgan fingerprint density at radius 3 is 1.97 bits per heavy atom. The summed E-state index contributed by atoms with van der Waals surface area (Å²) in [6.07, 6.45) is 18.6. The molecular weight excluding hydrogens is 354 g/mol. The highest BCUT2D eigenvalue weighted by Crippen LogP contribution is 2.17. The van der Waals surface area contributed by atoms with E-state index in [2.05, 4.69) is 53.4 Å². The average molecular weight is 400 g/mol. The number of nitrogens with zero attached hydrogens (tertiary/aromatic N) is 3. The van der Waals surface area contributed by atoms with E-state index in [0.717, 1.165) is 18.6 Å². The van der Waals surface area contributed by atoms with Gasteiger partial charge in [-0.15, -0.1) is 0 Å². The van der Waals surface area contributed by atoms with E-state index in [0.29, 0.717) is 0 Å². The number of hydrogen-bond donors (Lipinski definition) is 0. The number of para-hydroxylation sites is 1. The minimum atomic E-state index is 1.05. The predicted octanol–water partition coefficient (Wildman–Crippen LogP) is 7.37. The van der Waals surface area contributed by atoms with Crippen LogP contribution in [0.1, 0.15) is 96.5 Å². The second kappa shape index (κ2) is 14.6. The lowest BCUT2D eigenvalue weighted by molar-refractivity contribution is 0.251. The topological polar surface area (TPSA) is 21.1 Å². The lowest BCUT2D eigenvalue weighted by Crippen LogP contribution is -2.29. The predicted molar refractivity (Wildman–Crippen MR) is 128 cm³/mol. The van der Waals surface area contributed by atoms with Gasteiger partial charge in [0.1, 0.15) is 0 Å². The van der Waals surface area contributed by atoms with Crippen molar-refractivity contribution in [2.45, 2.75) is 104 Å². The summed E-state index contributed by atoms with van der Waals surface area (Å²) in [4.78, 5) is 7.36. The number of aromatic nitrogens is 2. The van der Waals surface area contributed by atoms with Gasteiger partial charge >= 0.3 is 0 Å². The summed E-state index contributed by atoms with van der Waals surface area (Å²) in [6, 6.07) is 6.52. The van der Waals surface area contributed by atoms with Crippen molar-refractivity contribution in [1.29, 1.82) is 0 Å². The van der Waals surface area contributed by atoms with Gasteiger partial charge in [0.15, 0.2) is 0 Å². The summed E-state index contributed by atoms with van der Waals surface area (Å²) in [7, 11) is 0. The highest BCUT2D eigenvalue weighted by molar-refractivity contribution is 5.78. The molecule has 29 heavy (non-hydrogen) atoms. The molecule has 0 aliphatic carbocycles. The van der Waals surface area contributed by atoms with Crippen LogP contribution >= 0.6 is 0 Å². The highest BCUT2D eigenvalue weighted by Gasteiger charge is 2.08. The van der Waals surface area contributed by atoms with Crippen molar-refractivity contribution in [2.24, 2.45) is 0 Å². The van der Waals surface area contributed by atoms with Crippen molar-refractivity contribution in [2.75, 3.05) is 19.6 Å². The molecule has 0 spiro atoms. The third-order valence-corrected chi connectivity index (χ3v) is 6.17. The third-order valence-electron chi connectivity index (χ3n) is 6.17. The van der Waals surface area contributed by atoms with Crippen LogP contribution in [0.3, 0.4) is 0 Å². The maximum atomic E-state index is 4.65. The molecule has 0 atom stereocenters. The van der Waals surface area contributed by atoms with Crippen LogP contribution in [0.2, 0.25) is 0 Å². The van der Waals surface area contributed by atoms with Gasteiger partial charge in [0.2, 0.25) is 0 Å². The quantitative estimate of drug-likeness (QED) is 0.259. The molecule has 0 radical (unpaired) electrons. The fourth-order valence-electron chi connectivity index (χ4n) is 4.23. The zero-order valence-electron chi connectivity index (χ0n) is 19.5. The van der Waals surface area contributed by atoms with Crippen molar-refractivity contribution in [3.8, 4) is 0 Å². The molecule has 0 aliphatic rings. The van der Waals surface area contributed by atoms with Gasteiger partial charge in [0.05, 0.1) is 17.4 Å². The molecule has 0 bridgehead atoms. The number of hydrogen-bond acceptors (Lipinski definition) is 2. The zero-order valence-corrected chi connectivity index (χ0v) is 19.5. The highest BCUT2D eigenvalue weighted by atomic mass is 15.2. The number of aryl methyl sites for hydroxylation is 1. The van der Waals surface area contributed by atoms with Crippen LogP contribution in [0.5, 0.6) is 0 Å². The van der Waals surface area contributed by atoms with Crippen LogP contribution in [0.25, 0.3) is 11.0 Å². The van der Waals surface area contributed by atoms with Gasteiger partial charge in [-0.25, -0.2) is 4.98 Å². The largest absolute Gasteiger partial charge is 0.329 e. The summed E-state index contributed by atoms with van der Waals surface area (Å²) in [5.41, 5.74) is 3.72. The standard InChI is InChI=1S/C26H45N3/c1-4-6-8-10-12-14-19-28(20-15-13-11-9-7-5-2)21-22-29-23-27-26-24(3)17-16-18-25(26)29/h16-18,23H,4-15,19-22H2,1-3H3. The Hall–Kier alpha value is -1.35. The lowest BCUT2D eigenvalue weighted by atomic mass is 10.1. The maximum absolute atomic E-state index is 4.65. The van der Waals surface area contributed by atoms with Crippen molar-refractivity contribution in [3.63, 3.8) is 0 Å². The molecule has 0 saturated heterocycles. The third kappa shape index (κ3) is 8.90. The molecule has 164 valence electrons. The minimum absolute atomic E-state index is 1.05. The Kier molecular flexibility index (Phi) is 12.0. The molecular formula is C26H45N3. The van der Waals surface area contributed by atoms with Gasteiger partial charge in [-0.3, -0.25) is 0 Å². The smallest absolute Gasteiger partial charge is 0.0958 e. The van der Waals surface area contributed by atoms with E-state index < -0.39 is 0 Å². The van der Waals surface area contributed by atoms with Crippen LogP contribution in [0.15, 0.2) is 24.5 Å². The minimum Gasteiger partial charge on any atom is -0.329 e. The van der Waals surface area contributed by atoms with Crippen LogP contribution in [0, 0.1) is 6.92 Å². The monoisotopic (exact) mass is 399 g/mol. The second-order valence-electron chi connectivity index (χ2n) is 8.76. The molecule has 1 aromatic heterocycles. The maximum Gasteiger partial charge on any atom is 0.0958 e. The number of rotatable bonds is 17. The second-order valence-corrected chi connectivity index (χ2v) is 8.76. The Labute approximate surface area is 179 Å². The van der Waals surface area contributed by atoms with E-state index in [9.17, 15) is 0 Å². The number of unbranched alkanes of at least 4 members (excludes halogenated alkanes) is 10. The van der Waals surface area contributed by atoms with Gasteiger partial charge < -0.3 is 9.47 Å². The Morgan fingerprint density at radius 2 is 1.34 bits per heavy atom. The molecule has 0 unspecified atom stereocenters. The zero-order chi connectivity index (χ0) is 20.7. The van der Waals surface area contributed by atoms with Crippen LogP contribution in [-0.2, 0) is 6.54 Å². The lowest BCUT2D eigenvalue weighted by Gasteiger charge is -2.23. The van der Waals surface area contributed by atoms with Crippen LogP contribution < -0.4 is 0 Å². The van der Waals surface area contributed by atoms with E-state index in [1.807, 2.05) is 6.33 Å². The number of imidazole rings is 1. The fraction of sp³-hybridized carbons (Fsp3) is 0.731. The van der Waals surface area contributed by atoms with Crippen molar-refractivity contribution in [1.82, 2.24) is 14.5 Å². The van der Waals surface area contributed by atoms with E-state index in [-0.39, 0.29) is 0 Å². The van der Waals surface area contributed by atoms with E-state index in [1.54, 1.807) is 0 Å². The molecule has 2 rings (SSSR count). The molecule has 0 fully saturated rings. The summed E-state index contributed by atoms with van der Waals surface area (Å²) in [6.45, 7) is 11.4. The van der Waals surface area contributed by atoms with E-state index >= 15 is 0 Å². The molecule has 0 N–H and O–H groups in total. The molecule has 1 heterocycles. The van der Waals surface area contributed by atoms with Crippen LogP contribution in [0.4, 0.5) is 0 Å². The van der Waals surface area contributed by atoms with E-state index in [4.69, 9.17) is 0 Å². The SMILES string of the molecule is CCCCCCCCN(CCCCCCCC)CCn1cnc2c(C)cccc21. The van der Waals surface area contributed by atoms with Crippen LogP contribution in [-0.4, -0.2) is 34.1 Å². The normalized spacial score (nSPS) is 11.7.